The van der Waals surface area contributed by atoms with Crippen LogP contribution in [0.4, 0.5) is 0 Å². The second-order valence-electron chi connectivity index (χ2n) is 4.46. The predicted molar refractivity (Wildman–Crippen MR) is 58.0 cm³/mol. The van der Waals surface area contributed by atoms with E-state index >= 15 is 0 Å². The molecular weight excluding hydrogens is 160 g/mol. The van der Waals surface area contributed by atoms with E-state index in [9.17, 15) is 0 Å². The molecule has 0 aromatic rings. The summed E-state index contributed by atoms with van der Waals surface area (Å²) in [5.41, 5.74) is 5.92. The van der Waals surface area contributed by atoms with Crippen LogP contribution in [-0.2, 0) is 0 Å². The van der Waals surface area contributed by atoms with Crippen molar-refractivity contribution in [2.75, 3.05) is 0 Å². The highest BCUT2D eigenvalue weighted by atomic mass is 14.9. The molecule has 2 heteroatoms. The molecule has 2 unspecified atom stereocenters. The quantitative estimate of drug-likeness (QED) is 0.517. The number of amidine groups is 1. The molecule has 1 aliphatic rings. The Hall–Kier alpha value is -0.530. The van der Waals surface area contributed by atoms with Crippen molar-refractivity contribution >= 4 is 5.84 Å². The number of nitrogens with two attached hydrogens (primary N) is 1. The van der Waals surface area contributed by atoms with E-state index in [0.29, 0.717) is 5.92 Å². The molecule has 76 valence electrons. The highest BCUT2D eigenvalue weighted by Gasteiger charge is 2.32. The highest BCUT2D eigenvalue weighted by Crippen LogP contribution is 2.36. The molecule has 2 N–H and O–H groups in total. The number of aliphatic imine (C=N–C) groups is 1. The third kappa shape index (κ3) is 2.45. The molecule has 0 amide bonds. The van der Waals surface area contributed by atoms with Gasteiger partial charge in [-0.15, -0.1) is 0 Å². The van der Waals surface area contributed by atoms with Crippen LogP contribution in [0.3, 0.4) is 0 Å². The van der Waals surface area contributed by atoms with E-state index in [1.54, 1.807) is 0 Å². The molecule has 0 aromatic carbocycles. The van der Waals surface area contributed by atoms with Gasteiger partial charge in [0.2, 0.25) is 0 Å². The van der Waals surface area contributed by atoms with Crippen molar-refractivity contribution in [3.8, 4) is 0 Å². The summed E-state index contributed by atoms with van der Waals surface area (Å²) in [6.07, 6.45) is 6.05. The molecular formula is C11H22N2. The fourth-order valence-corrected chi connectivity index (χ4v) is 2.06. The second-order valence-corrected chi connectivity index (χ2v) is 4.46. The molecule has 2 nitrogen and oxygen atoms in total. The number of nitrogens with zero attached hydrogens (tertiary/aromatic N) is 1. The van der Waals surface area contributed by atoms with Gasteiger partial charge in [-0.05, 0) is 25.7 Å². The second kappa shape index (κ2) is 4.12. The Morgan fingerprint density at radius 3 is 2.77 bits per heavy atom. The van der Waals surface area contributed by atoms with Crippen molar-refractivity contribution in [3.63, 3.8) is 0 Å². The summed E-state index contributed by atoms with van der Waals surface area (Å²) in [7, 11) is 0. The maximum Gasteiger partial charge on any atom is 0.0941 e. The van der Waals surface area contributed by atoms with Gasteiger partial charge in [-0.1, -0.05) is 26.7 Å². The molecule has 0 saturated heterocycles. The van der Waals surface area contributed by atoms with Crippen LogP contribution in [0.25, 0.3) is 0 Å². The molecule has 1 aliphatic carbocycles. The van der Waals surface area contributed by atoms with Gasteiger partial charge in [0, 0.05) is 6.42 Å². The van der Waals surface area contributed by atoms with Crippen LogP contribution in [0.5, 0.6) is 0 Å². The van der Waals surface area contributed by atoms with Crippen LogP contribution in [0.15, 0.2) is 4.99 Å². The van der Waals surface area contributed by atoms with Crippen molar-refractivity contribution in [2.24, 2.45) is 16.6 Å². The first-order valence-electron chi connectivity index (χ1n) is 5.42. The van der Waals surface area contributed by atoms with Crippen molar-refractivity contribution in [1.29, 1.82) is 0 Å². The third-order valence-corrected chi connectivity index (χ3v) is 3.39. The predicted octanol–water partition coefficient (Wildman–Crippen LogP) is 2.72. The van der Waals surface area contributed by atoms with E-state index < -0.39 is 0 Å². The summed E-state index contributed by atoms with van der Waals surface area (Å²) in [5, 5.41) is 0. The molecule has 13 heavy (non-hydrogen) atoms. The minimum absolute atomic E-state index is 0.123. The zero-order valence-corrected chi connectivity index (χ0v) is 9.14. The maximum atomic E-state index is 5.80. The summed E-state index contributed by atoms with van der Waals surface area (Å²) in [5.74, 6) is 1.50. The zero-order chi connectivity index (χ0) is 9.90. The molecule has 0 bridgehead atoms. The SMILES string of the molecule is CCC(N)=NC1(C)CCCCC1C. The van der Waals surface area contributed by atoms with E-state index in [2.05, 4.69) is 25.8 Å². The minimum atomic E-state index is 0.123. The van der Waals surface area contributed by atoms with E-state index in [4.69, 9.17) is 5.73 Å². The van der Waals surface area contributed by atoms with Crippen LogP contribution in [-0.4, -0.2) is 11.4 Å². The van der Waals surface area contributed by atoms with Gasteiger partial charge < -0.3 is 5.73 Å². The highest BCUT2D eigenvalue weighted by molar-refractivity contribution is 5.80. The first-order valence-corrected chi connectivity index (χ1v) is 5.42. The van der Waals surface area contributed by atoms with Crippen LogP contribution in [0.1, 0.15) is 52.9 Å². The number of hydrogen-bond donors (Lipinski definition) is 1. The Bertz CT molecular complexity index is 198. The van der Waals surface area contributed by atoms with Gasteiger partial charge in [0.25, 0.3) is 0 Å². The lowest BCUT2D eigenvalue weighted by Gasteiger charge is -2.36. The molecule has 0 aromatic heterocycles. The topological polar surface area (TPSA) is 38.4 Å². The molecule has 0 radical (unpaired) electrons. The van der Waals surface area contributed by atoms with E-state index in [-0.39, 0.29) is 5.54 Å². The monoisotopic (exact) mass is 182 g/mol. The van der Waals surface area contributed by atoms with Crippen LogP contribution >= 0.6 is 0 Å². The molecule has 2 atom stereocenters. The number of rotatable bonds is 2. The van der Waals surface area contributed by atoms with Gasteiger partial charge in [0.05, 0.1) is 11.4 Å². The summed E-state index contributed by atoms with van der Waals surface area (Å²) in [6.45, 7) is 6.61. The van der Waals surface area contributed by atoms with Gasteiger partial charge in [0.1, 0.15) is 0 Å². The Labute approximate surface area is 81.6 Å². The van der Waals surface area contributed by atoms with Crippen molar-refractivity contribution in [2.45, 2.75) is 58.4 Å². The standard InChI is InChI=1S/C11H22N2/c1-4-10(12)13-11(3)8-6-5-7-9(11)2/h9H,4-8H2,1-3H3,(H2,12,13). The van der Waals surface area contributed by atoms with Crippen molar-refractivity contribution < 1.29 is 0 Å². The van der Waals surface area contributed by atoms with Gasteiger partial charge in [-0.25, -0.2) is 0 Å². The summed E-state index contributed by atoms with van der Waals surface area (Å²) < 4.78 is 0. The Morgan fingerprint density at radius 1 is 1.54 bits per heavy atom. The van der Waals surface area contributed by atoms with Crippen LogP contribution in [0, 0.1) is 5.92 Å². The fraction of sp³-hybridized carbons (Fsp3) is 0.909. The van der Waals surface area contributed by atoms with Gasteiger partial charge in [0.15, 0.2) is 0 Å². The average Bonchev–Trinajstić information content (AvgIpc) is 2.10. The molecule has 0 heterocycles. The Kier molecular flexibility index (Phi) is 3.34. The van der Waals surface area contributed by atoms with Gasteiger partial charge in [-0.2, -0.15) is 0 Å². The summed E-state index contributed by atoms with van der Waals surface area (Å²) in [4.78, 5) is 4.66. The summed E-state index contributed by atoms with van der Waals surface area (Å²) in [6, 6.07) is 0. The average molecular weight is 182 g/mol. The minimum Gasteiger partial charge on any atom is -0.387 e. The molecule has 1 rings (SSSR count). The van der Waals surface area contributed by atoms with E-state index in [1.807, 2.05) is 0 Å². The normalized spacial score (nSPS) is 36.2. The lowest BCUT2D eigenvalue weighted by molar-refractivity contribution is 0.228. The van der Waals surface area contributed by atoms with E-state index in [0.717, 1.165) is 12.3 Å². The molecule has 1 fully saturated rings. The van der Waals surface area contributed by atoms with Crippen molar-refractivity contribution in [3.05, 3.63) is 0 Å². The van der Waals surface area contributed by atoms with Crippen LogP contribution < -0.4 is 5.73 Å². The Balaban J connectivity index is 2.72. The molecule has 0 spiro atoms. The molecule has 1 saturated carbocycles. The smallest absolute Gasteiger partial charge is 0.0941 e. The fourth-order valence-electron chi connectivity index (χ4n) is 2.06. The lowest BCUT2D eigenvalue weighted by atomic mass is 9.75. The summed E-state index contributed by atoms with van der Waals surface area (Å²) >= 11 is 0. The first-order chi connectivity index (χ1) is 6.08. The van der Waals surface area contributed by atoms with Crippen molar-refractivity contribution in [1.82, 2.24) is 0 Å². The first kappa shape index (κ1) is 10.6. The Morgan fingerprint density at radius 2 is 2.23 bits per heavy atom. The maximum absolute atomic E-state index is 5.80. The molecule has 0 aliphatic heterocycles. The zero-order valence-electron chi connectivity index (χ0n) is 9.14. The van der Waals surface area contributed by atoms with E-state index in [1.165, 1.54) is 25.7 Å². The van der Waals surface area contributed by atoms with Gasteiger partial charge >= 0.3 is 0 Å². The third-order valence-electron chi connectivity index (χ3n) is 3.39. The lowest BCUT2D eigenvalue weighted by Crippen LogP contribution is -2.36. The van der Waals surface area contributed by atoms with Gasteiger partial charge in [-0.3, -0.25) is 4.99 Å². The largest absolute Gasteiger partial charge is 0.387 e. The number of hydrogen-bond acceptors (Lipinski definition) is 1. The van der Waals surface area contributed by atoms with Crippen LogP contribution in [0.2, 0.25) is 0 Å².